The van der Waals surface area contributed by atoms with Gasteiger partial charge in [-0.2, -0.15) is 0 Å². The van der Waals surface area contributed by atoms with Gasteiger partial charge in [0, 0.05) is 23.9 Å². The van der Waals surface area contributed by atoms with E-state index in [1.807, 2.05) is 19.9 Å². The van der Waals surface area contributed by atoms with E-state index in [1.54, 1.807) is 0 Å². The fraction of sp³-hybridized carbons (Fsp3) is 0.722. The molecule has 1 aliphatic rings. The van der Waals surface area contributed by atoms with E-state index in [1.165, 1.54) is 0 Å². The maximum atomic E-state index is 12.0. The van der Waals surface area contributed by atoms with Crippen molar-refractivity contribution in [3.8, 4) is 6.01 Å². The SMILES string of the molecule is Cc1cc(C)nc(OC2CCC(NC(=O)CC(C)(C)C)CC2)n1. The van der Waals surface area contributed by atoms with Gasteiger partial charge in [0.25, 0.3) is 0 Å². The van der Waals surface area contributed by atoms with Crippen LogP contribution in [0.3, 0.4) is 0 Å². The fourth-order valence-corrected chi connectivity index (χ4v) is 2.98. The van der Waals surface area contributed by atoms with Gasteiger partial charge < -0.3 is 10.1 Å². The molecule has 1 N–H and O–H groups in total. The van der Waals surface area contributed by atoms with E-state index in [-0.39, 0.29) is 23.5 Å². The molecule has 5 heteroatoms. The minimum atomic E-state index is 0.0325. The van der Waals surface area contributed by atoms with Crippen molar-refractivity contribution in [3.05, 3.63) is 17.5 Å². The number of rotatable bonds is 4. The number of hydrogen-bond donors (Lipinski definition) is 1. The zero-order valence-corrected chi connectivity index (χ0v) is 15.0. The molecule has 128 valence electrons. The van der Waals surface area contributed by atoms with Gasteiger partial charge in [-0.15, -0.1) is 0 Å². The maximum absolute atomic E-state index is 12.0. The highest BCUT2D eigenvalue weighted by Gasteiger charge is 2.25. The summed E-state index contributed by atoms with van der Waals surface area (Å²) in [6.45, 7) is 10.1. The first-order valence-corrected chi connectivity index (χ1v) is 8.49. The molecule has 1 heterocycles. The Labute approximate surface area is 139 Å². The third-order valence-corrected chi connectivity index (χ3v) is 3.96. The van der Waals surface area contributed by atoms with Gasteiger partial charge in [-0.25, -0.2) is 9.97 Å². The lowest BCUT2D eigenvalue weighted by atomic mass is 9.90. The molecule has 1 fully saturated rings. The van der Waals surface area contributed by atoms with Crippen LogP contribution in [0.25, 0.3) is 0 Å². The zero-order chi connectivity index (χ0) is 17.0. The largest absolute Gasteiger partial charge is 0.460 e. The number of ether oxygens (including phenoxy) is 1. The third kappa shape index (κ3) is 6.16. The summed E-state index contributed by atoms with van der Waals surface area (Å²) in [5.41, 5.74) is 1.89. The van der Waals surface area contributed by atoms with Crippen molar-refractivity contribution < 1.29 is 9.53 Å². The summed E-state index contributed by atoms with van der Waals surface area (Å²) >= 11 is 0. The van der Waals surface area contributed by atoms with Crippen LogP contribution < -0.4 is 10.1 Å². The van der Waals surface area contributed by atoms with Crippen LogP contribution in [-0.4, -0.2) is 28.0 Å². The summed E-state index contributed by atoms with van der Waals surface area (Å²) in [5.74, 6) is 0.152. The number of carbonyl (C=O) groups is 1. The Morgan fingerprint density at radius 2 is 1.74 bits per heavy atom. The van der Waals surface area contributed by atoms with E-state index < -0.39 is 0 Å². The Bertz CT molecular complexity index is 523. The highest BCUT2D eigenvalue weighted by atomic mass is 16.5. The van der Waals surface area contributed by atoms with Gasteiger partial charge in [0.15, 0.2) is 0 Å². The highest BCUT2D eigenvalue weighted by molar-refractivity contribution is 5.76. The first-order chi connectivity index (χ1) is 10.7. The first-order valence-electron chi connectivity index (χ1n) is 8.49. The van der Waals surface area contributed by atoms with E-state index >= 15 is 0 Å². The van der Waals surface area contributed by atoms with Crippen LogP contribution >= 0.6 is 0 Å². The second-order valence-electron chi connectivity index (χ2n) is 7.83. The van der Waals surface area contributed by atoms with Crippen molar-refractivity contribution in [3.63, 3.8) is 0 Å². The molecule has 23 heavy (non-hydrogen) atoms. The van der Waals surface area contributed by atoms with Crippen LogP contribution in [0.4, 0.5) is 0 Å². The maximum Gasteiger partial charge on any atom is 0.317 e. The molecule has 0 aromatic carbocycles. The summed E-state index contributed by atoms with van der Waals surface area (Å²) < 4.78 is 5.92. The van der Waals surface area contributed by atoms with E-state index in [0.29, 0.717) is 12.4 Å². The van der Waals surface area contributed by atoms with Gasteiger partial charge in [0.05, 0.1) is 0 Å². The molecule has 0 aliphatic heterocycles. The van der Waals surface area contributed by atoms with Crippen molar-refractivity contribution in [2.45, 2.75) is 78.9 Å². The summed E-state index contributed by atoms with van der Waals surface area (Å²) in [5, 5.41) is 3.15. The third-order valence-electron chi connectivity index (χ3n) is 3.96. The number of hydrogen-bond acceptors (Lipinski definition) is 4. The van der Waals surface area contributed by atoms with E-state index in [9.17, 15) is 4.79 Å². The number of amides is 1. The molecular formula is C18H29N3O2. The summed E-state index contributed by atoms with van der Waals surface area (Å²) in [6, 6.07) is 2.68. The Kier molecular flexibility index (Phi) is 5.60. The van der Waals surface area contributed by atoms with Gasteiger partial charge in [-0.1, -0.05) is 20.8 Å². The average Bonchev–Trinajstić information content (AvgIpc) is 2.37. The van der Waals surface area contributed by atoms with Gasteiger partial charge in [0.1, 0.15) is 6.10 Å². The molecule has 2 rings (SSSR count). The smallest absolute Gasteiger partial charge is 0.317 e. The van der Waals surface area contributed by atoms with E-state index in [2.05, 4.69) is 36.1 Å². The molecule has 1 amide bonds. The second kappa shape index (κ2) is 7.28. The van der Waals surface area contributed by atoms with Gasteiger partial charge in [-0.05, 0) is 51.0 Å². The number of nitrogens with one attached hydrogen (secondary N) is 1. The normalized spacial score (nSPS) is 21.8. The van der Waals surface area contributed by atoms with Gasteiger partial charge >= 0.3 is 6.01 Å². The lowest BCUT2D eigenvalue weighted by molar-refractivity contribution is -0.123. The Morgan fingerprint density at radius 3 is 2.26 bits per heavy atom. The molecule has 1 saturated carbocycles. The monoisotopic (exact) mass is 319 g/mol. The summed E-state index contributed by atoms with van der Waals surface area (Å²) in [7, 11) is 0. The topological polar surface area (TPSA) is 64.1 Å². The Balaban J connectivity index is 1.78. The predicted molar refractivity (Wildman–Crippen MR) is 90.4 cm³/mol. The van der Waals surface area contributed by atoms with Crippen LogP contribution in [-0.2, 0) is 4.79 Å². The van der Waals surface area contributed by atoms with Crippen molar-refractivity contribution in [1.29, 1.82) is 0 Å². The molecule has 0 spiro atoms. The molecule has 1 aromatic heterocycles. The summed E-state index contributed by atoms with van der Waals surface area (Å²) in [6.07, 6.45) is 4.47. The van der Waals surface area contributed by atoms with Crippen molar-refractivity contribution >= 4 is 5.91 Å². The van der Waals surface area contributed by atoms with Crippen LogP contribution in [0.1, 0.15) is 64.3 Å². The number of carbonyl (C=O) groups excluding carboxylic acids is 1. The standard InChI is InChI=1S/C18H29N3O2/c1-12-10-13(2)20-17(19-12)23-15-8-6-14(7-9-15)21-16(22)11-18(3,4)5/h10,14-15H,6-9,11H2,1-5H3,(H,21,22). The fourth-order valence-electron chi connectivity index (χ4n) is 2.98. The lowest BCUT2D eigenvalue weighted by Crippen LogP contribution is -2.40. The minimum absolute atomic E-state index is 0.0325. The number of nitrogens with zero attached hydrogens (tertiary/aromatic N) is 2. The Morgan fingerprint density at radius 1 is 1.17 bits per heavy atom. The van der Waals surface area contributed by atoms with Crippen molar-refractivity contribution in [1.82, 2.24) is 15.3 Å². The van der Waals surface area contributed by atoms with Gasteiger partial charge in [0.2, 0.25) is 5.91 Å². The summed E-state index contributed by atoms with van der Waals surface area (Å²) in [4.78, 5) is 20.7. The molecule has 0 atom stereocenters. The lowest BCUT2D eigenvalue weighted by Gasteiger charge is -2.29. The van der Waals surface area contributed by atoms with Crippen molar-refractivity contribution in [2.24, 2.45) is 5.41 Å². The number of aromatic nitrogens is 2. The van der Waals surface area contributed by atoms with Crippen molar-refractivity contribution in [2.75, 3.05) is 0 Å². The molecule has 0 radical (unpaired) electrons. The van der Waals surface area contributed by atoms with E-state index in [0.717, 1.165) is 37.1 Å². The zero-order valence-electron chi connectivity index (χ0n) is 15.0. The molecular weight excluding hydrogens is 290 g/mol. The molecule has 5 nitrogen and oxygen atoms in total. The van der Waals surface area contributed by atoms with E-state index in [4.69, 9.17) is 4.74 Å². The molecule has 0 saturated heterocycles. The van der Waals surface area contributed by atoms with Crippen LogP contribution in [0, 0.1) is 19.3 Å². The predicted octanol–water partition coefficient (Wildman–Crippen LogP) is 3.34. The molecule has 0 unspecified atom stereocenters. The average molecular weight is 319 g/mol. The Hall–Kier alpha value is -1.65. The second-order valence-corrected chi connectivity index (χ2v) is 7.83. The molecule has 1 aromatic rings. The van der Waals surface area contributed by atoms with Crippen LogP contribution in [0.2, 0.25) is 0 Å². The molecule has 1 aliphatic carbocycles. The van der Waals surface area contributed by atoms with Gasteiger partial charge in [-0.3, -0.25) is 4.79 Å². The first kappa shape index (κ1) is 17.7. The van der Waals surface area contributed by atoms with Crippen LogP contribution in [0.15, 0.2) is 6.07 Å². The molecule has 0 bridgehead atoms. The minimum Gasteiger partial charge on any atom is -0.460 e. The quantitative estimate of drug-likeness (QED) is 0.924. The highest BCUT2D eigenvalue weighted by Crippen LogP contribution is 2.24. The van der Waals surface area contributed by atoms with Crippen LogP contribution in [0.5, 0.6) is 6.01 Å². The number of aryl methyl sites for hydroxylation is 2.